The molecule has 2 aliphatic heterocycles. The van der Waals surface area contributed by atoms with Crippen LogP contribution in [-0.2, 0) is 16.0 Å². The highest BCUT2D eigenvalue weighted by Gasteiger charge is 2.26. The topological polar surface area (TPSA) is 67.6 Å². The Balaban J connectivity index is 1.37. The SMILES string of the molecule is NC(C(=O)NCCCN1CCc2ccccc21)C1CCOCC1. The van der Waals surface area contributed by atoms with E-state index >= 15 is 0 Å². The van der Waals surface area contributed by atoms with Gasteiger partial charge in [-0.15, -0.1) is 0 Å². The lowest BCUT2D eigenvalue weighted by molar-refractivity contribution is -0.124. The molecule has 0 radical (unpaired) electrons. The number of anilines is 1. The van der Waals surface area contributed by atoms with Gasteiger partial charge in [0.2, 0.25) is 5.91 Å². The molecule has 1 atom stereocenters. The van der Waals surface area contributed by atoms with Gasteiger partial charge in [0.1, 0.15) is 0 Å². The van der Waals surface area contributed by atoms with Gasteiger partial charge in [-0.25, -0.2) is 0 Å². The Bertz CT molecular complexity index is 529. The maximum Gasteiger partial charge on any atom is 0.237 e. The molecule has 5 nitrogen and oxygen atoms in total. The monoisotopic (exact) mass is 317 g/mol. The van der Waals surface area contributed by atoms with Crippen molar-refractivity contribution in [2.75, 3.05) is 37.7 Å². The van der Waals surface area contributed by atoms with Crippen molar-refractivity contribution >= 4 is 11.6 Å². The molecule has 1 amide bonds. The second-order valence-corrected chi connectivity index (χ2v) is 6.49. The normalized spacial score (nSPS) is 19.4. The lowest BCUT2D eigenvalue weighted by Crippen LogP contribution is -2.47. The Morgan fingerprint density at radius 2 is 2.13 bits per heavy atom. The molecule has 1 saturated heterocycles. The molecule has 3 N–H and O–H groups in total. The van der Waals surface area contributed by atoms with Crippen LogP contribution in [0.4, 0.5) is 5.69 Å². The summed E-state index contributed by atoms with van der Waals surface area (Å²) in [5.41, 5.74) is 8.86. The van der Waals surface area contributed by atoms with E-state index in [0.29, 0.717) is 6.54 Å². The summed E-state index contributed by atoms with van der Waals surface area (Å²) >= 11 is 0. The lowest BCUT2D eigenvalue weighted by Gasteiger charge is -2.27. The van der Waals surface area contributed by atoms with E-state index in [1.807, 2.05) is 0 Å². The molecule has 3 rings (SSSR count). The van der Waals surface area contributed by atoms with E-state index in [0.717, 1.165) is 52.0 Å². The highest BCUT2D eigenvalue weighted by Crippen LogP contribution is 2.27. The number of rotatable bonds is 6. The van der Waals surface area contributed by atoms with Crippen molar-refractivity contribution in [3.8, 4) is 0 Å². The number of nitrogens with one attached hydrogen (secondary N) is 1. The molecule has 1 aromatic carbocycles. The number of nitrogens with zero attached hydrogens (tertiary/aromatic N) is 1. The smallest absolute Gasteiger partial charge is 0.237 e. The van der Waals surface area contributed by atoms with Crippen LogP contribution in [0.5, 0.6) is 0 Å². The van der Waals surface area contributed by atoms with Crippen LogP contribution in [0.3, 0.4) is 0 Å². The highest BCUT2D eigenvalue weighted by atomic mass is 16.5. The average molecular weight is 317 g/mol. The number of hydrogen-bond acceptors (Lipinski definition) is 4. The van der Waals surface area contributed by atoms with Crippen LogP contribution in [-0.4, -0.2) is 44.8 Å². The molecule has 2 heterocycles. The fourth-order valence-electron chi connectivity index (χ4n) is 3.53. The molecular weight excluding hydrogens is 290 g/mol. The van der Waals surface area contributed by atoms with Crippen LogP contribution in [0.15, 0.2) is 24.3 Å². The number of nitrogens with two attached hydrogens (primary N) is 1. The molecular formula is C18H27N3O2. The molecule has 1 fully saturated rings. The quantitative estimate of drug-likeness (QED) is 0.776. The number of benzene rings is 1. The van der Waals surface area contributed by atoms with Gasteiger partial charge >= 0.3 is 0 Å². The minimum Gasteiger partial charge on any atom is -0.381 e. The molecule has 0 saturated carbocycles. The van der Waals surface area contributed by atoms with Crippen molar-refractivity contribution in [1.29, 1.82) is 0 Å². The Kier molecular flexibility index (Phi) is 5.51. The summed E-state index contributed by atoms with van der Waals surface area (Å²) in [5, 5.41) is 3.00. The maximum atomic E-state index is 12.1. The third kappa shape index (κ3) is 4.03. The number of amides is 1. The van der Waals surface area contributed by atoms with Crippen molar-refractivity contribution in [2.45, 2.75) is 31.7 Å². The number of hydrogen-bond donors (Lipinski definition) is 2. The van der Waals surface area contributed by atoms with E-state index in [-0.39, 0.29) is 11.8 Å². The maximum absolute atomic E-state index is 12.1. The van der Waals surface area contributed by atoms with E-state index in [9.17, 15) is 4.79 Å². The van der Waals surface area contributed by atoms with Gasteiger partial charge in [0.15, 0.2) is 0 Å². The van der Waals surface area contributed by atoms with Gasteiger partial charge in [-0.2, -0.15) is 0 Å². The summed E-state index contributed by atoms with van der Waals surface area (Å²) in [4.78, 5) is 14.5. The molecule has 0 aromatic heterocycles. The fraction of sp³-hybridized carbons (Fsp3) is 0.611. The van der Waals surface area contributed by atoms with Crippen LogP contribution in [0.1, 0.15) is 24.8 Å². The van der Waals surface area contributed by atoms with Crippen LogP contribution < -0.4 is 16.0 Å². The first kappa shape index (κ1) is 16.3. The van der Waals surface area contributed by atoms with E-state index in [1.165, 1.54) is 11.3 Å². The van der Waals surface area contributed by atoms with Crippen molar-refractivity contribution in [3.63, 3.8) is 0 Å². The third-order valence-electron chi connectivity index (χ3n) is 4.96. The zero-order chi connectivity index (χ0) is 16.1. The Morgan fingerprint density at radius 1 is 1.35 bits per heavy atom. The van der Waals surface area contributed by atoms with Gasteiger partial charge < -0.3 is 20.7 Å². The average Bonchev–Trinajstić information content (AvgIpc) is 3.02. The summed E-state index contributed by atoms with van der Waals surface area (Å²) in [5.74, 6) is 0.243. The molecule has 0 bridgehead atoms. The molecule has 0 aliphatic carbocycles. The van der Waals surface area contributed by atoms with Gasteiger partial charge in [-0.3, -0.25) is 4.79 Å². The Labute approximate surface area is 138 Å². The van der Waals surface area contributed by atoms with Crippen molar-refractivity contribution in [2.24, 2.45) is 11.7 Å². The predicted molar refractivity (Wildman–Crippen MR) is 91.5 cm³/mol. The van der Waals surface area contributed by atoms with Gasteiger partial charge in [0.25, 0.3) is 0 Å². The van der Waals surface area contributed by atoms with Gasteiger partial charge in [0, 0.05) is 38.5 Å². The Morgan fingerprint density at radius 3 is 2.96 bits per heavy atom. The van der Waals surface area contributed by atoms with Crippen LogP contribution in [0, 0.1) is 5.92 Å². The first-order valence-corrected chi connectivity index (χ1v) is 8.69. The molecule has 126 valence electrons. The number of para-hydroxylation sites is 1. The summed E-state index contributed by atoms with van der Waals surface area (Å²) in [7, 11) is 0. The zero-order valence-electron chi connectivity index (χ0n) is 13.7. The van der Waals surface area contributed by atoms with E-state index in [1.54, 1.807) is 0 Å². The number of fused-ring (bicyclic) bond motifs is 1. The number of carbonyl (C=O) groups excluding carboxylic acids is 1. The molecule has 0 spiro atoms. The van der Waals surface area contributed by atoms with Gasteiger partial charge in [0.05, 0.1) is 6.04 Å². The third-order valence-corrected chi connectivity index (χ3v) is 4.96. The van der Waals surface area contributed by atoms with Crippen LogP contribution >= 0.6 is 0 Å². The van der Waals surface area contributed by atoms with Crippen molar-refractivity contribution in [3.05, 3.63) is 29.8 Å². The number of ether oxygens (including phenoxy) is 1. The molecule has 1 unspecified atom stereocenters. The van der Waals surface area contributed by atoms with Gasteiger partial charge in [-0.1, -0.05) is 18.2 Å². The predicted octanol–water partition coefficient (Wildman–Crippen LogP) is 1.31. The first-order valence-electron chi connectivity index (χ1n) is 8.69. The Hall–Kier alpha value is -1.59. The van der Waals surface area contributed by atoms with Crippen LogP contribution in [0.2, 0.25) is 0 Å². The summed E-state index contributed by atoms with van der Waals surface area (Å²) < 4.78 is 5.32. The second kappa shape index (κ2) is 7.79. The highest BCUT2D eigenvalue weighted by molar-refractivity contribution is 5.81. The molecule has 5 heteroatoms. The molecule has 23 heavy (non-hydrogen) atoms. The minimum atomic E-state index is -0.397. The van der Waals surface area contributed by atoms with E-state index in [4.69, 9.17) is 10.5 Å². The summed E-state index contributed by atoms with van der Waals surface area (Å²) in [6.07, 6.45) is 3.84. The van der Waals surface area contributed by atoms with Gasteiger partial charge in [-0.05, 0) is 43.2 Å². The zero-order valence-corrected chi connectivity index (χ0v) is 13.7. The lowest BCUT2D eigenvalue weighted by atomic mass is 9.92. The van der Waals surface area contributed by atoms with Crippen molar-refractivity contribution < 1.29 is 9.53 Å². The minimum absolute atomic E-state index is 0.0151. The first-order chi connectivity index (χ1) is 11.3. The molecule has 1 aromatic rings. The molecule has 2 aliphatic rings. The number of carbonyl (C=O) groups is 1. The van der Waals surface area contributed by atoms with Crippen LogP contribution in [0.25, 0.3) is 0 Å². The van der Waals surface area contributed by atoms with E-state index in [2.05, 4.69) is 34.5 Å². The second-order valence-electron chi connectivity index (χ2n) is 6.49. The fourth-order valence-corrected chi connectivity index (χ4v) is 3.53. The standard InChI is InChI=1S/C18H27N3O2/c19-17(15-7-12-23-13-8-15)18(22)20-9-3-10-21-11-6-14-4-1-2-5-16(14)21/h1-2,4-5,15,17H,3,6-13,19H2,(H,20,22). The largest absolute Gasteiger partial charge is 0.381 e. The van der Waals surface area contributed by atoms with E-state index < -0.39 is 6.04 Å². The summed E-state index contributed by atoms with van der Waals surface area (Å²) in [6, 6.07) is 8.17. The van der Waals surface area contributed by atoms with Crippen molar-refractivity contribution in [1.82, 2.24) is 5.32 Å². The summed E-state index contributed by atoms with van der Waals surface area (Å²) in [6.45, 7) is 4.19.